The molecule has 0 aliphatic rings. The third kappa shape index (κ3) is 4.29. The van der Waals surface area contributed by atoms with Gasteiger partial charge in [0.15, 0.2) is 0 Å². The fraction of sp³-hybridized carbons (Fsp3) is 0.250. The lowest BCUT2D eigenvalue weighted by Gasteiger charge is -2.26. The molecule has 0 atom stereocenters. The van der Waals surface area contributed by atoms with Crippen LogP contribution < -0.4 is 4.74 Å². The number of amides is 1. The molecule has 146 valence electrons. The van der Waals surface area contributed by atoms with E-state index in [-0.39, 0.29) is 18.5 Å². The summed E-state index contributed by atoms with van der Waals surface area (Å²) in [4.78, 5) is 14.7. The minimum atomic E-state index is -0.244. The Morgan fingerprint density at radius 1 is 1.18 bits per heavy atom. The van der Waals surface area contributed by atoms with Crippen LogP contribution >= 0.6 is 23.2 Å². The highest BCUT2D eigenvalue weighted by Gasteiger charge is 2.25. The number of methoxy groups -OCH3 is 1. The molecule has 0 aliphatic carbocycles. The first-order valence-electron chi connectivity index (χ1n) is 8.62. The van der Waals surface area contributed by atoms with Gasteiger partial charge < -0.3 is 14.1 Å². The first-order chi connectivity index (χ1) is 13.4. The Hall–Kier alpha value is -2.57. The van der Waals surface area contributed by atoms with Gasteiger partial charge in [-0.2, -0.15) is 0 Å². The zero-order chi connectivity index (χ0) is 20.3. The molecule has 28 heavy (non-hydrogen) atoms. The summed E-state index contributed by atoms with van der Waals surface area (Å²) in [6.45, 7) is 3.95. The van der Waals surface area contributed by atoms with E-state index in [9.17, 15) is 4.79 Å². The molecule has 3 aromatic rings. The molecular weight excluding hydrogens is 401 g/mol. The van der Waals surface area contributed by atoms with Crippen molar-refractivity contribution in [2.45, 2.75) is 26.4 Å². The summed E-state index contributed by atoms with van der Waals surface area (Å²) in [6.07, 6.45) is 0. The fourth-order valence-corrected chi connectivity index (χ4v) is 3.09. The molecule has 2 aromatic carbocycles. The van der Waals surface area contributed by atoms with Crippen molar-refractivity contribution in [1.29, 1.82) is 0 Å². The number of hydrogen-bond donors (Lipinski definition) is 0. The molecule has 0 spiro atoms. The lowest BCUT2D eigenvalue weighted by Crippen LogP contribution is -2.36. The normalized spacial score (nSPS) is 10.9. The van der Waals surface area contributed by atoms with Crippen molar-refractivity contribution in [3.63, 3.8) is 0 Å². The predicted octanol–water partition coefficient (Wildman–Crippen LogP) is 5.10. The minimum Gasteiger partial charge on any atom is -0.496 e. The Morgan fingerprint density at radius 2 is 1.93 bits per heavy atom. The van der Waals surface area contributed by atoms with Crippen molar-refractivity contribution in [2.24, 2.45) is 0 Å². The molecule has 0 aliphatic heterocycles. The van der Waals surface area contributed by atoms with Crippen LogP contribution in [0.4, 0.5) is 0 Å². The monoisotopic (exact) mass is 419 g/mol. The smallest absolute Gasteiger partial charge is 0.258 e. The summed E-state index contributed by atoms with van der Waals surface area (Å²) in [5.74, 6) is 0.809. The van der Waals surface area contributed by atoms with E-state index in [1.54, 1.807) is 35.2 Å². The number of carbonyl (C=O) groups is 1. The van der Waals surface area contributed by atoms with Crippen LogP contribution in [0.2, 0.25) is 10.0 Å². The minimum absolute atomic E-state index is 0.119. The van der Waals surface area contributed by atoms with Gasteiger partial charge >= 0.3 is 0 Å². The van der Waals surface area contributed by atoms with Gasteiger partial charge in [-0.25, -0.2) is 0 Å². The van der Waals surface area contributed by atoms with Crippen molar-refractivity contribution in [3.8, 4) is 17.2 Å². The number of carbonyl (C=O) groups excluding carboxylic acids is 1. The van der Waals surface area contributed by atoms with E-state index in [2.05, 4.69) is 10.2 Å². The van der Waals surface area contributed by atoms with Gasteiger partial charge in [0, 0.05) is 11.1 Å². The zero-order valence-electron chi connectivity index (χ0n) is 15.6. The molecular formula is C20H19Cl2N3O3. The number of nitrogens with zero attached hydrogens (tertiary/aromatic N) is 3. The number of halogens is 2. The summed E-state index contributed by atoms with van der Waals surface area (Å²) < 4.78 is 11.0. The number of rotatable bonds is 6. The van der Waals surface area contributed by atoms with E-state index in [1.165, 1.54) is 7.11 Å². The van der Waals surface area contributed by atoms with Crippen molar-refractivity contribution in [2.75, 3.05) is 7.11 Å². The molecule has 0 bridgehead atoms. The highest BCUT2D eigenvalue weighted by atomic mass is 35.5. The van der Waals surface area contributed by atoms with E-state index in [0.29, 0.717) is 38.7 Å². The van der Waals surface area contributed by atoms with Crippen LogP contribution in [0, 0.1) is 0 Å². The van der Waals surface area contributed by atoms with Crippen molar-refractivity contribution in [3.05, 3.63) is 64.0 Å². The topological polar surface area (TPSA) is 68.5 Å². The van der Waals surface area contributed by atoms with Crippen LogP contribution in [0.3, 0.4) is 0 Å². The summed E-state index contributed by atoms with van der Waals surface area (Å²) in [5, 5.41) is 9.08. The Labute approximate surface area is 173 Å². The Bertz CT molecular complexity index is 988. The molecule has 6 nitrogen and oxygen atoms in total. The van der Waals surface area contributed by atoms with Gasteiger partial charge in [-0.1, -0.05) is 35.3 Å². The van der Waals surface area contributed by atoms with Crippen LogP contribution in [0.1, 0.15) is 30.1 Å². The molecule has 1 aromatic heterocycles. The molecule has 0 unspecified atom stereocenters. The standard InChI is InChI=1S/C20H19Cl2N3O3/c1-12(2)25(20(26)15-10-13(21)8-9-17(15)27-3)11-18-23-24-19(28-18)14-6-4-5-7-16(14)22/h4-10,12H,11H2,1-3H3. The van der Waals surface area contributed by atoms with Crippen LogP contribution in [0.25, 0.3) is 11.5 Å². The van der Waals surface area contributed by atoms with E-state index in [4.69, 9.17) is 32.4 Å². The summed E-state index contributed by atoms with van der Waals surface area (Å²) in [7, 11) is 1.51. The maximum Gasteiger partial charge on any atom is 0.258 e. The molecule has 3 rings (SSSR count). The van der Waals surface area contributed by atoms with Crippen LogP contribution in [-0.4, -0.2) is 34.2 Å². The second-order valence-corrected chi connectivity index (χ2v) is 7.20. The Balaban J connectivity index is 1.88. The summed E-state index contributed by atoms with van der Waals surface area (Å²) in [6, 6.07) is 12.0. The van der Waals surface area contributed by atoms with Crippen LogP contribution in [0.15, 0.2) is 46.9 Å². The SMILES string of the molecule is COc1ccc(Cl)cc1C(=O)N(Cc1nnc(-c2ccccc2Cl)o1)C(C)C. The van der Waals surface area contributed by atoms with Gasteiger partial charge in [-0.15, -0.1) is 10.2 Å². The Kier molecular flexibility index (Phi) is 6.21. The molecule has 1 amide bonds. The molecule has 1 heterocycles. The van der Waals surface area contributed by atoms with Crippen molar-refractivity contribution >= 4 is 29.1 Å². The number of ether oxygens (including phenoxy) is 1. The molecule has 0 N–H and O–H groups in total. The van der Waals surface area contributed by atoms with Gasteiger partial charge in [0.1, 0.15) is 5.75 Å². The zero-order valence-corrected chi connectivity index (χ0v) is 17.2. The Morgan fingerprint density at radius 3 is 2.61 bits per heavy atom. The maximum atomic E-state index is 13.1. The lowest BCUT2D eigenvalue weighted by molar-refractivity contribution is 0.0669. The van der Waals surface area contributed by atoms with E-state index < -0.39 is 0 Å². The third-order valence-corrected chi connectivity index (χ3v) is 4.72. The average molecular weight is 420 g/mol. The largest absolute Gasteiger partial charge is 0.496 e. The number of hydrogen-bond acceptors (Lipinski definition) is 5. The summed E-state index contributed by atoms with van der Waals surface area (Å²) >= 11 is 12.3. The van der Waals surface area contributed by atoms with E-state index in [1.807, 2.05) is 26.0 Å². The maximum absolute atomic E-state index is 13.1. The highest BCUT2D eigenvalue weighted by molar-refractivity contribution is 6.33. The van der Waals surface area contributed by atoms with Crippen molar-refractivity contribution in [1.82, 2.24) is 15.1 Å². The second kappa shape index (κ2) is 8.63. The quantitative estimate of drug-likeness (QED) is 0.555. The molecule has 0 saturated heterocycles. The molecule has 8 heteroatoms. The second-order valence-electron chi connectivity index (χ2n) is 6.35. The van der Waals surface area contributed by atoms with Gasteiger partial charge in [0.05, 0.1) is 29.8 Å². The molecule has 0 fully saturated rings. The predicted molar refractivity (Wildman–Crippen MR) is 108 cm³/mol. The third-order valence-electron chi connectivity index (χ3n) is 4.15. The van der Waals surface area contributed by atoms with E-state index >= 15 is 0 Å². The van der Waals surface area contributed by atoms with Crippen LogP contribution in [0.5, 0.6) is 5.75 Å². The average Bonchev–Trinajstić information content (AvgIpc) is 3.14. The van der Waals surface area contributed by atoms with Gasteiger partial charge in [-0.05, 0) is 44.2 Å². The number of aromatic nitrogens is 2. The number of benzene rings is 2. The summed E-state index contributed by atoms with van der Waals surface area (Å²) in [5.41, 5.74) is 1.01. The fourth-order valence-electron chi connectivity index (χ4n) is 2.70. The van der Waals surface area contributed by atoms with E-state index in [0.717, 1.165) is 0 Å². The molecule has 0 saturated carbocycles. The highest BCUT2D eigenvalue weighted by Crippen LogP contribution is 2.28. The van der Waals surface area contributed by atoms with Crippen LogP contribution in [-0.2, 0) is 6.54 Å². The molecule has 0 radical (unpaired) electrons. The first kappa shape index (κ1) is 20.2. The van der Waals surface area contributed by atoms with Gasteiger partial charge in [-0.3, -0.25) is 4.79 Å². The first-order valence-corrected chi connectivity index (χ1v) is 9.38. The van der Waals surface area contributed by atoms with Gasteiger partial charge in [0.25, 0.3) is 5.91 Å². The lowest BCUT2D eigenvalue weighted by atomic mass is 10.1. The van der Waals surface area contributed by atoms with Crippen molar-refractivity contribution < 1.29 is 13.9 Å². The van der Waals surface area contributed by atoms with Gasteiger partial charge in [0.2, 0.25) is 11.8 Å².